The Labute approximate surface area is 226 Å². The molecule has 39 heavy (non-hydrogen) atoms. The Morgan fingerprint density at radius 3 is 2.51 bits per heavy atom. The van der Waals surface area contributed by atoms with Crippen LogP contribution in [0.3, 0.4) is 0 Å². The molecule has 2 aromatic carbocycles. The maximum Gasteiger partial charge on any atom is 0.416 e. The van der Waals surface area contributed by atoms with Gasteiger partial charge in [-0.1, -0.05) is 19.1 Å². The van der Waals surface area contributed by atoms with Crippen LogP contribution in [0.4, 0.5) is 18.9 Å². The van der Waals surface area contributed by atoms with Gasteiger partial charge in [-0.2, -0.15) is 13.2 Å². The normalized spacial score (nSPS) is 20.9. The van der Waals surface area contributed by atoms with E-state index in [9.17, 15) is 27.9 Å². The number of rotatable bonds is 8. The third-order valence-electron chi connectivity index (χ3n) is 7.36. The molecular weight excluding hydrogens is 511 g/mol. The van der Waals surface area contributed by atoms with E-state index in [-0.39, 0.29) is 48.8 Å². The van der Waals surface area contributed by atoms with Crippen LogP contribution in [-0.4, -0.2) is 65.6 Å². The number of carbonyl (C=O) groups excluding carboxylic acids is 2. The molecule has 2 aliphatic rings. The molecule has 0 aromatic heterocycles. The van der Waals surface area contributed by atoms with Crippen molar-refractivity contribution in [2.24, 2.45) is 11.8 Å². The minimum Gasteiger partial charge on any atom is -0.488 e. The molecular formula is C29H36F3N3O4. The Hall–Kier alpha value is -3.11. The van der Waals surface area contributed by atoms with E-state index in [1.165, 1.54) is 12.1 Å². The second-order valence-electron chi connectivity index (χ2n) is 10.9. The first-order valence-corrected chi connectivity index (χ1v) is 13.3. The number of aliphatic hydroxyl groups excluding tert-OH is 1. The molecule has 7 nitrogen and oxygen atoms in total. The molecule has 1 fully saturated rings. The second kappa shape index (κ2) is 12.0. The second-order valence-corrected chi connectivity index (χ2v) is 10.9. The van der Waals surface area contributed by atoms with Gasteiger partial charge in [0.1, 0.15) is 11.9 Å². The van der Waals surface area contributed by atoms with E-state index in [2.05, 4.69) is 5.32 Å². The van der Waals surface area contributed by atoms with Crippen LogP contribution in [0.5, 0.6) is 5.75 Å². The molecule has 0 bridgehead atoms. The molecule has 0 saturated heterocycles. The third kappa shape index (κ3) is 7.51. The van der Waals surface area contributed by atoms with Crippen molar-refractivity contribution in [3.05, 3.63) is 59.2 Å². The van der Waals surface area contributed by atoms with Gasteiger partial charge < -0.3 is 20.1 Å². The number of likely N-dealkylation sites (N-methyl/N-ethyl adjacent to an activating group) is 1. The van der Waals surface area contributed by atoms with E-state index in [0.29, 0.717) is 36.6 Å². The average molecular weight is 548 g/mol. The molecule has 2 aromatic rings. The van der Waals surface area contributed by atoms with Gasteiger partial charge in [-0.15, -0.1) is 0 Å². The Morgan fingerprint density at radius 1 is 1.21 bits per heavy atom. The van der Waals surface area contributed by atoms with Crippen LogP contribution < -0.4 is 10.1 Å². The van der Waals surface area contributed by atoms with Gasteiger partial charge in [0.25, 0.3) is 0 Å². The summed E-state index contributed by atoms with van der Waals surface area (Å²) < 4.78 is 45.3. The summed E-state index contributed by atoms with van der Waals surface area (Å²) in [7, 11) is 1.87. The molecule has 1 aliphatic heterocycles. The highest BCUT2D eigenvalue weighted by Gasteiger charge is 2.33. The minimum atomic E-state index is -4.38. The maximum atomic E-state index is 13.3. The Bertz CT molecular complexity index is 1170. The van der Waals surface area contributed by atoms with Gasteiger partial charge in [0.2, 0.25) is 11.8 Å². The number of hydrogen-bond donors (Lipinski definition) is 2. The Kier molecular flexibility index (Phi) is 8.86. The maximum absolute atomic E-state index is 13.3. The zero-order valence-electron chi connectivity index (χ0n) is 22.5. The summed E-state index contributed by atoms with van der Waals surface area (Å²) >= 11 is 0. The van der Waals surface area contributed by atoms with E-state index in [1.807, 2.05) is 18.9 Å². The SMILES string of the molecule is C[C@H]1CN([C@@H](C)CO)C(=O)Cc2cc(NC(=O)C3CC3)ccc2O[C@@H]1CN(C)Cc1ccc(C(F)(F)F)cc1. The van der Waals surface area contributed by atoms with Crippen molar-refractivity contribution >= 4 is 17.5 Å². The fourth-order valence-corrected chi connectivity index (χ4v) is 4.80. The first kappa shape index (κ1) is 28.9. The van der Waals surface area contributed by atoms with Crippen molar-refractivity contribution in [3.8, 4) is 5.75 Å². The highest BCUT2D eigenvalue weighted by atomic mass is 19.4. The topological polar surface area (TPSA) is 82.1 Å². The quantitative estimate of drug-likeness (QED) is 0.514. The van der Waals surface area contributed by atoms with Crippen molar-refractivity contribution in [2.45, 2.75) is 58.0 Å². The van der Waals surface area contributed by atoms with Crippen molar-refractivity contribution < 1.29 is 32.6 Å². The number of nitrogens with one attached hydrogen (secondary N) is 1. The predicted molar refractivity (Wildman–Crippen MR) is 141 cm³/mol. The molecule has 0 spiro atoms. The van der Waals surface area contributed by atoms with E-state index >= 15 is 0 Å². The van der Waals surface area contributed by atoms with Crippen LogP contribution in [-0.2, 0) is 28.7 Å². The fraction of sp³-hybridized carbons (Fsp3) is 0.517. The lowest BCUT2D eigenvalue weighted by Crippen LogP contribution is -2.47. The van der Waals surface area contributed by atoms with Gasteiger partial charge in [0.05, 0.1) is 24.6 Å². The summed E-state index contributed by atoms with van der Waals surface area (Å²) in [5.41, 5.74) is 1.30. The van der Waals surface area contributed by atoms with Crippen molar-refractivity contribution in [1.82, 2.24) is 9.80 Å². The number of benzene rings is 2. The molecule has 3 atom stereocenters. The van der Waals surface area contributed by atoms with Crippen LogP contribution in [0.2, 0.25) is 0 Å². The van der Waals surface area contributed by atoms with Gasteiger partial charge in [0, 0.05) is 42.7 Å². The summed E-state index contributed by atoms with van der Waals surface area (Å²) in [5, 5.41) is 12.7. The number of halogens is 3. The van der Waals surface area contributed by atoms with E-state index in [0.717, 1.165) is 30.5 Å². The number of nitrogens with zero attached hydrogens (tertiary/aromatic N) is 2. The van der Waals surface area contributed by atoms with Gasteiger partial charge in [-0.3, -0.25) is 14.5 Å². The monoisotopic (exact) mass is 547 g/mol. The third-order valence-corrected chi connectivity index (χ3v) is 7.36. The molecule has 10 heteroatoms. The number of carbonyl (C=O) groups is 2. The fourth-order valence-electron chi connectivity index (χ4n) is 4.80. The van der Waals surface area contributed by atoms with E-state index in [1.54, 1.807) is 30.0 Å². The van der Waals surface area contributed by atoms with Gasteiger partial charge in [-0.25, -0.2) is 0 Å². The lowest BCUT2D eigenvalue weighted by atomic mass is 10.0. The highest BCUT2D eigenvalue weighted by Crippen LogP contribution is 2.33. The van der Waals surface area contributed by atoms with Gasteiger partial charge >= 0.3 is 6.18 Å². The molecule has 2 amide bonds. The largest absolute Gasteiger partial charge is 0.488 e. The summed E-state index contributed by atoms with van der Waals surface area (Å²) in [6.45, 7) is 4.84. The van der Waals surface area contributed by atoms with Crippen molar-refractivity contribution in [3.63, 3.8) is 0 Å². The van der Waals surface area contributed by atoms with Crippen molar-refractivity contribution in [2.75, 3.05) is 32.1 Å². The number of anilines is 1. The van der Waals surface area contributed by atoms with Gasteiger partial charge in [-0.05, 0) is 62.7 Å². The average Bonchev–Trinajstić information content (AvgIpc) is 3.72. The lowest BCUT2D eigenvalue weighted by molar-refractivity contribution is -0.137. The number of amides is 2. The summed E-state index contributed by atoms with van der Waals surface area (Å²) in [5.74, 6) is 0.304. The molecule has 1 aliphatic carbocycles. The molecule has 1 heterocycles. The summed E-state index contributed by atoms with van der Waals surface area (Å²) in [4.78, 5) is 29.3. The molecule has 1 saturated carbocycles. The number of hydrogen-bond acceptors (Lipinski definition) is 5. The zero-order chi connectivity index (χ0) is 28.3. The first-order chi connectivity index (χ1) is 18.4. The minimum absolute atomic E-state index is 0.0304. The standard InChI is InChI=1S/C29H36F3N3O4/c1-18-14-35(19(2)17-36)27(37)13-22-12-24(33-28(38)21-6-7-21)10-11-25(22)39-26(18)16-34(3)15-20-4-8-23(9-5-20)29(30,31)32/h4-5,8-12,18-19,21,26,36H,6-7,13-17H2,1-3H3,(H,33,38)/t18-,19-,26+/m0/s1. The van der Waals surface area contributed by atoms with Crippen LogP contribution in [0.1, 0.15) is 43.4 Å². The van der Waals surface area contributed by atoms with E-state index < -0.39 is 11.7 Å². The number of ether oxygens (including phenoxy) is 1. The van der Waals surface area contributed by atoms with Gasteiger partial charge in [0.15, 0.2) is 0 Å². The van der Waals surface area contributed by atoms with Crippen LogP contribution in [0.15, 0.2) is 42.5 Å². The van der Waals surface area contributed by atoms with Crippen LogP contribution in [0, 0.1) is 11.8 Å². The number of fused-ring (bicyclic) bond motifs is 1. The number of alkyl halides is 3. The predicted octanol–water partition coefficient (Wildman–Crippen LogP) is 4.33. The lowest BCUT2D eigenvalue weighted by Gasteiger charge is -2.34. The van der Waals surface area contributed by atoms with Crippen LogP contribution in [0.25, 0.3) is 0 Å². The molecule has 0 unspecified atom stereocenters. The summed E-state index contributed by atoms with van der Waals surface area (Å²) in [6, 6.07) is 10.0. The first-order valence-electron chi connectivity index (χ1n) is 13.3. The van der Waals surface area contributed by atoms with Crippen LogP contribution >= 0.6 is 0 Å². The molecule has 212 valence electrons. The molecule has 4 rings (SSSR count). The molecule has 2 N–H and O–H groups in total. The smallest absolute Gasteiger partial charge is 0.416 e. The number of aliphatic hydroxyl groups is 1. The Morgan fingerprint density at radius 2 is 1.90 bits per heavy atom. The van der Waals surface area contributed by atoms with E-state index in [4.69, 9.17) is 4.74 Å². The van der Waals surface area contributed by atoms with Crippen molar-refractivity contribution in [1.29, 1.82) is 0 Å². The molecule has 0 radical (unpaired) electrons. The highest BCUT2D eigenvalue weighted by molar-refractivity contribution is 5.94. The summed E-state index contributed by atoms with van der Waals surface area (Å²) in [6.07, 6.45) is -2.91. The Balaban J connectivity index is 1.55. The zero-order valence-corrected chi connectivity index (χ0v) is 22.5.